The molecule has 0 aliphatic heterocycles. The van der Waals surface area contributed by atoms with Crippen LogP contribution in [-0.2, 0) is 6.42 Å². The highest BCUT2D eigenvalue weighted by Gasteiger charge is 2.40. The van der Waals surface area contributed by atoms with E-state index < -0.39 is 5.60 Å². The summed E-state index contributed by atoms with van der Waals surface area (Å²) in [5.41, 5.74) is 0.853. The molecule has 0 spiro atoms. The number of aryl methyl sites for hydroxylation is 1. The van der Waals surface area contributed by atoms with E-state index >= 15 is 0 Å². The summed E-state index contributed by atoms with van der Waals surface area (Å²) in [4.78, 5) is 0. The van der Waals surface area contributed by atoms with E-state index in [9.17, 15) is 9.50 Å². The minimum Gasteiger partial charge on any atom is -0.390 e. The maximum atomic E-state index is 13.5. The van der Waals surface area contributed by atoms with Crippen molar-refractivity contribution in [3.05, 3.63) is 33.5 Å². The number of aliphatic hydroxyl groups is 1. The van der Waals surface area contributed by atoms with E-state index in [-0.39, 0.29) is 5.82 Å². The first-order valence-corrected chi connectivity index (χ1v) is 5.46. The minimum atomic E-state index is -0.629. The Morgan fingerprint density at radius 2 is 2.14 bits per heavy atom. The van der Waals surface area contributed by atoms with E-state index in [4.69, 9.17) is 0 Å². The van der Waals surface area contributed by atoms with Crippen molar-refractivity contribution >= 4 is 15.9 Å². The van der Waals surface area contributed by atoms with Gasteiger partial charge in [0.2, 0.25) is 0 Å². The van der Waals surface area contributed by atoms with Crippen molar-refractivity contribution in [3.8, 4) is 0 Å². The summed E-state index contributed by atoms with van der Waals surface area (Å²) >= 11 is 3.36. The van der Waals surface area contributed by atoms with Crippen LogP contribution >= 0.6 is 15.9 Å². The summed E-state index contributed by atoms with van der Waals surface area (Å²) in [7, 11) is 0. The highest BCUT2D eigenvalue weighted by molar-refractivity contribution is 9.10. The van der Waals surface area contributed by atoms with Gasteiger partial charge in [0.05, 0.1) is 5.60 Å². The molecule has 1 aromatic rings. The van der Waals surface area contributed by atoms with E-state index in [1.807, 2.05) is 6.92 Å². The molecule has 0 aromatic heterocycles. The molecule has 0 unspecified atom stereocenters. The van der Waals surface area contributed by atoms with E-state index in [0.717, 1.165) is 22.9 Å². The molecule has 1 saturated carbocycles. The Hall–Kier alpha value is -0.410. The second-order valence-corrected chi connectivity index (χ2v) is 4.95. The molecule has 1 N–H and O–H groups in total. The molecule has 0 radical (unpaired) electrons. The molecule has 1 aliphatic rings. The average molecular weight is 259 g/mol. The van der Waals surface area contributed by atoms with Crippen LogP contribution in [0.3, 0.4) is 0 Å². The van der Waals surface area contributed by atoms with Crippen LogP contribution in [0.1, 0.15) is 24.0 Å². The number of benzene rings is 1. The fraction of sp³-hybridized carbons (Fsp3) is 0.455. The molecule has 0 heterocycles. The van der Waals surface area contributed by atoms with Crippen molar-refractivity contribution in [1.29, 1.82) is 0 Å². The third-order valence-corrected chi connectivity index (χ3v) is 3.53. The molecule has 3 heteroatoms. The fourth-order valence-corrected chi connectivity index (χ4v) is 1.89. The molecule has 2 rings (SSSR count). The molecule has 0 atom stereocenters. The molecule has 0 amide bonds. The first kappa shape index (κ1) is 10.1. The topological polar surface area (TPSA) is 20.2 Å². The van der Waals surface area contributed by atoms with Crippen LogP contribution < -0.4 is 0 Å². The van der Waals surface area contributed by atoms with Gasteiger partial charge < -0.3 is 5.11 Å². The molecule has 1 aromatic carbocycles. The Morgan fingerprint density at radius 1 is 1.50 bits per heavy atom. The number of rotatable bonds is 2. The Morgan fingerprint density at radius 3 is 2.71 bits per heavy atom. The van der Waals surface area contributed by atoms with Gasteiger partial charge in [-0.1, -0.05) is 15.9 Å². The van der Waals surface area contributed by atoms with E-state index in [2.05, 4.69) is 15.9 Å². The highest BCUT2D eigenvalue weighted by Crippen LogP contribution is 2.39. The van der Waals surface area contributed by atoms with Crippen LogP contribution in [0.4, 0.5) is 4.39 Å². The van der Waals surface area contributed by atoms with Gasteiger partial charge in [0, 0.05) is 10.9 Å². The van der Waals surface area contributed by atoms with Gasteiger partial charge in [0.25, 0.3) is 0 Å². The summed E-state index contributed by atoms with van der Waals surface area (Å²) in [6.45, 7) is 1.85. The molecular weight excluding hydrogens is 247 g/mol. The molecule has 1 aliphatic carbocycles. The average Bonchev–Trinajstić information content (AvgIpc) is 2.80. The van der Waals surface area contributed by atoms with Crippen molar-refractivity contribution in [3.63, 3.8) is 0 Å². The molecule has 0 bridgehead atoms. The second kappa shape index (κ2) is 3.31. The van der Waals surface area contributed by atoms with Crippen molar-refractivity contribution < 1.29 is 9.50 Å². The van der Waals surface area contributed by atoms with Gasteiger partial charge in [-0.3, -0.25) is 0 Å². The van der Waals surface area contributed by atoms with Crippen LogP contribution in [0, 0.1) is 12.7 Å². The maximum Gasteiger partial charge on any atom is 0.126 e. The summed E-state index contributed by atoms with van der Waals surface area (Å²) in [6, 6.07) is 3.27. The van der Waals surface area contributed by atoms with Crippen molar-refractivity contribution in [2.45, 2.75) is 31.8 Å². The molecule has 14 heavy (non-hydrogen) atoms. The Kier molecular flexibility index (Phi) is 2.40. The minimum absolute atomic E-state index is 0.217. The Labute approximate surface area is 91.1 Å². The Bertz CT molecular complexity index is 372. The van der Waals surface area contributed by atoms with Crippen LogP contribution in [0.25, 0.3) is 0 Å². The first-order valence-electron chi connectivity index (χ1n) is 4.67. The molecule has 0 saturated heterocycles. The van der Waals surface area contributed by atoms with Gasteiger partial charge in [-0.05, 0) is 43.0 Å². The van der Waals surface area contributed by atoms with Crippen molar-refractivity contribution in [1.82, 2.24) is 0 Å². The lowest BCUT2D eigenvalue weighted by Crippen LogP contribution is -2.12. The SMILES string of the molecule is Cc1cc(F)c(CC2(O)CC2)cc1Br. The zero-order valence-corrected chi connectivity index (χ0v) is 9.57. The monoisotopic (exact) mass is 258 g/mol. The number of hydrogen-bond donors (Lipinski definition) is 1. The van der Waals surface area contributed by atoms with E-state index in [1.165, 1.54) is 6.07 Å². The van der Waals surface area contributed by atoms with E-state index in [1.54, 1.807) is 6.07 Å². The van der Waals surface area contributed by atoms with E-state index in [0.29, 0.717) is 12.0 Å². The predicted octanol–water partition coefficient (Wildman–Crippen LogP) is 2.96. The first-order chi connectivity index (χ1) is 6.50. The van der Waals surface area contributed by atoms with Gasteiger partial charge >= 0.3 is 0 Å². The molecule has 1 fully saturated rings. The molecule has 76 valence electrons. The summed E-state index contributed by atoms with van der Waals surface area (Å²) in [5.74, 6) is -0.217. The second-order valence-electron chi connectivity index (χ2n) is 4.09. The molecule has 1 nitrogen and oxygen atoms in total. The zero-order valence-electron chi connectivity index (χ0n) is 7.98. The predicted molar refractivity (Wildman–Crippen MR) is 56.7 cm³/mol. The fourth-order valence-electron chi connectivity index (χ4n) is 1.50. The van der Waals surface area contributed by atoms with Gasteiger partial charge in [-0.2, -0.15) is 0 Å². The summed E-state index contributed by atoms with van der Waals surface area (Å²) in [5, 5.41) is 9.68. The molecular formula is C11H12BrFO. The summed E-state index contributed by atoms with van der Waals surface area (Å²) < 4.78 is 14.4. The van der Waals surface area contributed by atoms with Crippen LogP contribution in [0.15, 0.2) is 16.6 Å². The quantitative estimate of drug-likeness (QED) is 0.865. The van der Waals surface area contributed by atoms with Crippen LogP contribution in [0.2, 0.25) is 0 Å². The lowest BCUT2D eigenvalue weighted by atomic mass is 10.0. The van der Waals surface area contributed by atoms with Gasteiger partial charge in [-0.25, -0.2) is 4.39 Å². The van der Waals surface area contributed by atoms with Crippen LogP contribution in [0.5, 0.6) is 0 Å². The van der Waals surface area contributed by atoms with Crippen molar-refractivity contribution in [2.75, 3.05) is 0 Å². The largest absolute Gasteiger partial charge is 0.390 e. The zero-order chi connectivity index (χ0) is 10.3. The Balaban J connectivity index is 2.29. The summed E-state index contributed by atoms with van der Waals surface area (Å²) in [6.07, 6.45) is 2.01. The van der Waals surface area contributed by atoms with Gasteiger partial charge in [-0.15, -0.1) is 0 Å². The highest BCUT2D eigenvalue weighted by atomic mass is 79.9. The lowest BCUT2D eigenvalue weighted by Gasteiger charge is -2.10. The van der Waals surface area contributed by atoms with Gasteiger partial charge in [0.1, 0.15) is 5.82 Å². The maximum absolute atomic E-state index is 13.5. The lowest BCUT2D eigenvalue weighted by molar-refractivity contribution is 0.149. The van der Waals surface area contributed by atoms with Crippen LogP contribution in [-0.4, -0.2) is 10.7 Å². The smallest absolute Gasteiger partial charge is 0.126 e. The van der Waals surface area contributed by atoms with Gasteiger partial charge in [0.15, 0.2) is 0 Å². The number of hydrogen-bond acceptors (Lipinski definition) is 1. The third-order valence-electron chi connectivity index (χ3n) is 2.67. The third kappa shape index (κ3) is 1.98. The standard InChI is InChI=1S/C11H12BrFO/c1-7-4-10(13)8(5-9(7)12)6-11(14)2-3-11/h4-5,14H,2-3,6H2,1H3. The normalized spacial score (nSPS) is 18.3. The number of halogens is 2. The van der Waals surface area contributed by atoms with Crippen molar-refractivity contribution in [2.24, 2.45) is 0 Å².